The number of sulfonamides is 1. The molecule has 0 aliphatic carbocycles. The number of aliphatic imine (C=N–C) groups is 1. The van der Waals surface area contributed by atoms with Crippen LogP contribution in [0.1, 0.15) is 37.7 Å². The van der Waals surface area contributed by atoms with E-state index >= 15 is 0 Å². The fraction of sp³-hybridized carbons (Fsp3) is 0.591. The van der Waals surface area contributed by atoms with Gasteiger partial charge in [0.05, 0.1) is 11.9 Å². The highest BCUT2D eigenvalue weighted by Gasteiger charge is 2.20. The molecule has 174 valence electrons. The number of hydrogen-bond donors (Lipinski definition) is 2. The Kier molecular flexibility index (Phi) is 11.3. The van der Waals surface area contributed by atoms with E-state index < -0.39 is 10.0 Å². The fourth-order valence-corrected chi connectivity index (χ4v) is 4.78. The molecular formula is C22H35IN4O3S. The Morgan fingerprint density at radius 2 is 1.97 bits per heavy atom. The second kappa shape index (κ2) is 13.4. The molecule has 1 aromatic carbocycles. The molecular weight excluding hydrogens is 527 g/mol. The van der Waals surface area contributed by atoms with Gasteiger partial charge in [0, 0.05) is 39.8 Å². The van der Waals surface area contributed by atoms with Crippen molar-refractivity contribution in [2.24, 2.45) is 4.99 Å². The van der Waals surface area contributed by atoms with E-state index in [0.717, 1.165) is 57.8 Å². The van der Waals surface area contributed by atoms with Crippen molar-refractivity contribution in [1.29, 1.82) is 0 Å². The first-order valence-corrected chi connectivity index (χ1v) is 12.5. The average molecular weight is 563 g/mol. The normalized spacial score (nSPS) is 20.2. The highest BCUT2D eigenvalue weighted by molar-refractivity contribution is 14.0. The number of guanidine groups is 1. The summed E-state index contributed by atoms with van der Waals surface area (Å²) < 4.78 is 32.8. The number of nitrogens with zero attached hydrogens (tertiary/aromatic N) is 2. The molecule has 0 saturated carbocycles. The smallest absolute Gasteiger partial charge is 0.213 e. The van der Waals surface area contributed by atoms with Gasteiger partial charge in [0.25, 0.3) is 0 Å². The van der Waals surface area contributed by atoms with Crippen molar-refractivity contribution in [3.8, 4) is 0 Å². The number of rotatable bonds is 7. The Morgan fingerprint density at radius 1 is 1.23 bits per heavy atom. The molecule has 2 aliphatic heterocycles. The lowest BCUT2D eigenvalue weighted by atomic mass is 10.0. The van der Waals surface area contributed by atoms with Crippen LogP contribution >= 0.6 is 24.0 Å². The van der Waals surface area contributed by atoms with Gasteiger partial charge in [0.2, 0.25) is 10.0 Å². The lowest BCUT2D eigenvalue weighted by Gasteiger charge is -2.31. The number of nitrogens with one attached hydrogen (secondary N) is 2. The molecule has 2 N–H and O–H groups in total. The van der Waals surface area contributed by atoms with E-state index in [9.17, 15) is 8.42 Å². The monoisotopic (exact) mass is 562 g/mol. The van der Waals surface area contributed by atoms with Crippen LogP contribution in [0.15, 0.2) is 40.9 Å². The lowest BCUT2D eigenvalue weighted by Crippen LogP contribution is -2.46. The Balaban J connectivity index is 0.00000341. The zero-order valence-corrected chi connectivity index (χ0v) is 21.4. The quantitative estimate of drug-likeness (QED) is 0.304. The predicted octanol–water partition coefficient (Wildman–Crippen LogP) is 2.85. The van der Waals surface area contributed by atoms with Crippen LogP contribution in [0, 0.1) is 0 Å². The summed E-state index contributed by atoms with van der Waals surface area (Å²) in [6.45, 7) is 3.17. The van der Waals surface area contributed by atoms with Crippen molar-refractivity contribution in [3.05, 3.63) is 41.5 Å². The highest BCUT2D eigenvalue weighted by Crippen LogP contribution is 2.19. The maximum absolute atomic E-state index is 12.3. The predicted molar refractivity (Wildman–Crippen MR) is 137 cm³/mol. The van der Waals surface area contributed by atoms with Gasteiger partial charge in [-0.2, -0.15) is 0 Å². The van der Waals surface area contributed by atoms with E-state index in [0.29, 0.717) is 13.1 Å². The van der Waals surface area contributed by atoms with Gasteiger partial charge in [-0.3, -0.25) is 4.99 Å². The molecule has 9 heteroatoms. The van der Waals surface area contributed by atoms with Crippen LogP contribution in [0.3, 0.4) is 0 Å². The summed E-state index contributed by atoms with van der Waals surface area (Å²) in [6.07, 6.45) is 7.31. The minimum Gasteiger partial charge on any atom is -0.377 e. The zero-order chi connectivity index (χ0) is 21.2. The van der Waals surface area contributed by atoms with E-state index in [1.807, 2.05) is 6.07 Å². The fourth-order valence-electron chi connectivity index (χ4n) is 3.82. The van der Waals surface area contributed by atoms with Gasteiger partial charge in [-0.25, -0.2) is 13.1 Å². The first-order chi connectivity index (χ1) is 14.6. The largest absolute Gasteiger partial charge is 0.377 e. The number of hydrogen-bond acceptors (Lipinski definition) is 4. The molecule has 7 nitrogen and oxygen atoms in total. The van der Waals surface area contributed by atoms with Gasteiger partial charge in [-0.05, 0) is 37.7 Å². The van der Waals surface area contributed by atoms with Crippen LogP contribution in [-0.4, -0.2) is 71.0 Å². The van der Waals surface area contributed by atoms with Crippen molar-refractivity contribution in [2.75, 3.05) is 45.6 Å². The number of likely N-dealkylation sites (tertiary alicyclic amines) is 1. The molecule has 1 atom stereocenters. The van der Waals surface area contributed by atoms with Crippen molar-refractivity contribution in [2.45, 2.75) is 38.2 Å². The molecule has 0 amide bonds. The summed E-state index contributed by atoms with van der Waals surface area (Å²) in [5, 5.41) is 3.20. The Labute approximate surface area is 203 Å². The second-order valence-electron chi connectivity index (χ2n) is 7.83. The molecule has 0 radical (unpaired) electrons. The molecule has 31 heavy (non-hydrogen) atoms. The summed E-state index contributed by atoms with van der Waals surface area (Å²) >= 11 is 0. The van der Waals surface area contributed by atoms with Gasteiger partial charge < -0.3 is 15.0 Å². The van der Waals surface area contributed by atoms with Crippen molar-refractivity contribution < 1.29 is 13.2 Å². The Bertz CT molecular complexity index is 814. The Morgan fingerprint density at radius 3 is 2.61 bits per heavy atom. The molecule has 1 unspecified atom stereocenters. The first kappa shape index (κ1) is 26.1. The minimum atomic E-state index is -3.33. The van der Waals surface area contributed by atoms with E-state index in [1.165, 1.54) is 11.1 Å². The number of halogens is 1. The molecule has 2 aliphatic rings. The molecule has 0 aromatic heterocycles. The average Bonchev–Trinajstić information content (AvgIpc) is 2.78. The summed E-state index contributed by atoms with van der Waals surface area (Å²) in [5.41, 5.74) is 2.67. The van der Waals surface area contributed by atoms with Crippen molar-refractivity contribution in [1.82, 2.24) is 14.9 Å². The van der Waals surface area contributed by atoms with Gasteiger partial charge >= 0.3 is 0 Å². The molecule has 2 saturated heterocycles. The molecule has 2 fully saturated rings. The van der Waals surface area contributed by atoms with Crippen molar-refractivity contribution >= 4 is 46.0 Å². The summed E-state index contributed by atoms with van der Waals surface area (Å²) in [5.74, 6) is 0.783. The summed E-state index contributed by atoms with van der Waals surface area (Å²) in [6, 6.07) is 10.4. The molecule has 0 bridgehead atoms. The molecule has 3 rings (SSSR count). The number of benzene rings is 1. The van der Waals surface area contributed by atoms with Crippen LogP contribution in [-0.2, 0) is 14.8 Å². The van der Waals surface area contributed by atoms with E-state index in [1.54, 1.807) is 7.05 Å². The topological polar surface area (TPSA) is 83.0 Å². The first-order valence-electron chi connectivity index (χ1n) is 10.8. The second-order valence-corrected chi connectivity index (χ2v) is 9.76. The van der Waals surface area contributed by atoms with Crippen LogP contribution in [0.25, 0.3) is 6.08 Å². The third-order valence-electron chi connectivity index (χ3n) is 5.55. The van der Waals surface area contributed by atoms with Gasteiger partial charge in [0.15, 0.2) is 5.96 Å². The number of ether oxygens (including phenoxy) is 1. The van der Waals surface area contributed by atoms with Crippen LogP contribution < -0.4 is 10.0 Å². The highest BCUT2D eigenvalue weighted by atomic mass is 127. The van der Waals surface area contributed by atoms with Gasteiger partial charge in [0.1, 0.15) is 0 Å². The third kappa shape index (κ3) is 9.07. The summed E-state index contributed by atoms with van der Waals surface area (Å²) in [4.78, 5) is 6.53. The van der Waals surface area contributed by atoms with Crippen LogP contribution in [0.5, 0.6) is 0 Å². The van der Waals surface area contributed by atoms with Crippen LogP contribution in [0.4, 0.5) is 0 Å². The molecule has 0 spiro atoms. The number of piperidine rings is 1. The molecule has 1 aromatic rings. The van der Waals surface area contributed by atoms with Gasteiger partial charge in [-0.1, -0.05) is 42.0 Å². The standard InChI is InChI=1S/C22H34N4O3S.HI/c1-23-22(24-12-16-30(27,28)25-18-21-9-5-6-15-29-21)26-13-10-20(11-14-26)17-19-7-3-2-4-8-19;/h2-4,7-8,17,21,25H,5-6,9-16,18H2,1H3,(H,23,24);1H. The third-order valence-corrected chi connectivity index (χ3v) is 6.89. The maximum Gasteiger partial charge on any atom is 0.213 e. The van der Waals surface area contributed by atoms with Gasteiger partial charge in [-0.15, -0.1) is 24.0 Å². The minimum absolute atomic E-state index is 0. The van der Waals surface area contributed by atoms with E-state index in [-0.39, 0.29) is 35.8 Å². The van der Waals surface area contributed by atoms with Crippen LogP contribution in [0.2, 0.25) is 0 Å². The lowest BCUT2D eigenvalue weighted by molar-refractivity contribution is 0.0200. The van der Waals surface area contributed by atoms with E-state index in [2.05, 4.69) is 50.3 Å². The van der Waals surface area contributed by atoms with Crippen molar-refractivity contribution in [3.63, 3.8) is 0 Å². The maximum atomic E-state index is 12.3. The summed E-state index contributed by atoms with van der Waals surface area (Å²) in [7, 11) is -1.59. The SMILES string of the molecule is CN=C(NCCS(=O)(=O)NCC1CCCCO1)N1CCC(=Cc2ccccc2)CC1.I. The Hall–Kier alpha value is -1.17. The van der Waals surface area contributed by atoms with E-state index in [4.69, 9.17) is 4.74 Å². The zero-order valence-electron chi connectivity index (χ0n) is 18.3. The molecule has 2 heterocycles.